The highest BCUT2D eigenvalue weighted by atomic mass is 16.5. The number of anilines is 1. The molecule has 30 heavy (non-hydrogen) atoms. The van der Waals surface area contributed by atoms with Crippen molar-refractivity contribution in [2.24, 2.45) is 11.3 Å². The second-order valence-corrected chi connectivity index (χ2v) is 9.13. The highest BCUT2D eigenvalue weighted by molar-refractivity contribution is 6.01. The van der Waals surface area contributed by atoms with E-state index >= 15 is 0 Å². The Morgan fingerprint density at radius 3 is 2.33 bits per heavy atom. The Hall–Kier alpha value is -2.57. The van der Waals surface area contributed by atoms with Crippen LogP contribution in [0.1, 0.15) is 58.1 Å². The molecule has 0 aliphatic carbocycles. The summed E-state index contributed by atoms with van der Waals surface area (Å²) >= 11 is 0. The van der Waals surface area contributed by atoms with Gasteiger partial charge in [-0.25, -0.2) is 4.79 Å². The van der Waals surface area contributed by atoms with Gasteiger partial charge in [0.15, 0.2) is 0 Å². The van der Waals surface area contributed by atoms with Crippen molar-refractivity contribution in [1.82, 2.24) is 4.90 Å². The number of ether oxygens (including phenoxy) is 1. The fourth-order valence-corrected chi connectivity index (χ4v) is 4.52. The van der Waals surface area contributed by atoms with E-state index < -0.39 is 17.0 Å². The van der Waals surface area contributed by atoms with E-state index in [-0.39, 0.29) is 37.2 Å². The van der Waals surface area contributed by atoms with Crippen molar-refractivity contribution >= 4 is 23.7 Å². The number of piperidine rings is 1. The van der Waals surface area contributed by atoms with E-state index in [0.29, 0.717) is 18.7 Å². The number of esters is 1. The summed E-state index contributed by atoms with van der Waals surface area (Å²) in [7, 11) is 0. The number of amides is 2. The Bertz CT molecular complexity index is 794. The van der Waals surface area contributed by atoms with E-state index in [0.717, 1.165) is 11.1 Å². The summed E-state index contributed by atoms with van der Waals surface area (Å²) in [4.78, 5) is 39.3. The van der Waals surface area contributed by atoms with E-state index in [1.54, 1.807) is 6.92 Å². The van der Waals surface area contributed by atoms with Gasteiger partial charge < -0.3 is 15.2 Å². The minimum absolute atomic E-state index is 0.136. The van der Waals surface area contributed by atoms with Crippen LogP contribution in [0.25, 0.3) is 0 Å². The van der Waals surface area contributed by atoms with Crippen LogP contribution < -0.4 is 5.32 Å². The molecule has 1 aromatic carbocycles. The van der Waals surface area contributed by atoms with E-state index in [4.69, 9.17) is 4.74 Å². The summed E-state index contributed by atoms with van der Waals surface area (Å²) in [6.07, 6.45) is -0.176. The molecule has 2 rings (SSSR count). The van der Waals surface area contributed by atoms with Gasteiger partial charge >= 0.3 is 12.1 Å². The van der Waals surface area contributed by atoms with Gasteiger partial charge in [-0.2, -0.15) is 0 Å². The van der Waals surface area contributed by atoms with Gasteiger partial charge in [0.05, 0.1) is 6.61 Å². The average molecular weight is 419 g/mol. The van der Waals surface area contributed by atoms with Gasteiger partial charge in [0.1, 0.15) is 5.54 Å². The molecule has 1 aromatic rings. The third-order valence-electron chi connectivity index (χ3n) is 6.13. The number of carbonyl (C=O) groups excluding carboxylic acids is 2. The molecule has 1 aliphatic heterocycles. The number of para-hydroxylation sites is 1. The number of carbonyl (C=O) groups is 3. The minimum Gasteiger partial charge on any atom is -0.466 e. The molecule has 2 N–H and O–H groups in total. The van der Waals surface area contributed by atoms with Crippen LogP contribution >= 0.6 is 0 Å². The van der Waals surface area contributed by atoms with E-state index in [1.807, 2.05) is 52.8 Å². The lowest BCUT2D eigenvalue weighted by Gasteiger charge is -2.53. The molecule has 1 aliphatic rings. The van der Waals surface area contributed by atoms with Gasteiger partial charge in [0, 0.05) is 18.7 Å². The third-order valence-corrected chi connectivity index (χ3v) is 6.13. The van der Waals surface area contributed by atoms with Gasteiger partial charge in [0.2, 0.25) is 0 Å². The Kier molecular flexibility index (Phi) is 7.16. The van der Waals surface area contributed by atoms with Crippen molar-refractivity contribution in [3.63, 3.8) is 0 Å². The molecule has 1 heterocycles. The molecule has 1 fully saturated rings. The average Bonchev–Trinajstić information content (AvgIpc) is 2.63. The number of carboxylic acid groups (broad SMARTS) is 1. The first kappa shape index (κ1) is 23.7. The van der Waals surface area contributed by atoms with E-state index in [2.05, 4.69) is 5.32 Å². The molecule has 0 saturated carbocycles. The van der Waals surface area contributed by atoms with Gasteiger partial charge in [-0.3, -0.25) is 14.5 Å². The molecule has 0 bridgehead atoms. The number of benzene rings is 1. The Morgan fingerprint density at radius 2 is 1.83 bits per heavy atom. The summed E-state index contributed by atoms with van der Waals surface area (Å²) < 4.78 is 5.09. The SMILES string of the molecule is CCOC(=O)CC1CCN(C(=O)O)[C@](C(=O)Nc2c(C)cccc2C)(C(C)(C)C)C1. The summed E-state index contributed by atoms with van der Waals surface area (Å²) in [6.45, 7) is 11.7. The van der Waals surface area contributed by atoms with Crippen LogP contribution in [-0.4, -0.2) is 46.7 Å². The van der Waals surface area contributed by atoms with Gasteiger partial charge in [-0.05, 0) is 56.1 Å². The molecule has 1 unspecified atom stereocenters. The van der Waals surface area contributed by atoms with Crippen molar-refractivity contribution in [2.75, 3.05) is 18.5 Å². The molecule has 7 nitrogen and oxygen atoms in total. The fraction of sp³-hybridized carbons (Fsp3) is 0.609. The molecular formula is C23H34N2O5. The first-order valence-electron chi connectivity index (χ1n) is 10.5. The summed E-state index contributed by atoms with van der Waals surface area (Å²) in [5, 5.41) is 13.0. The van der Waals surface area contributed by atoms with Crippen LogP contribution in [0, 0.1) is 25.2 Å². The number of nitrogens with one attached hydrogen (secondary N) is 1. The molecule has 166 valence electrons. The molecule has 0 radical (unpaired) electrons. The molecule has 2 atom stereocenters. The first-order chi connectivity index (χ1) is 13.9. The minimum atomic E-state index is -1.32. The number of rotatable bonds is 5. The largest absolute Gasteiger partial charge is 0.466 e. The lowest BCUT2D eigenvalue weighted by atomic mass is 9.64. The number of likely N-dealkylation sites (tertiary alicyclic amines) is 1. The topological polar surface area (TPSA) is 95.9 Å². The van der Waals surface area contributed by atoms with Crippen LogP contribution in [0.3, 0.4) is 0 Å². The fourth-order valence-electron chi connectivity index (χ4n) is 4.52. The zero-order valence-corrected chi connectivity index (χ0v) is 18.9. The van der Waals surface area contributed by atoms with Crippen LogP contribution in [0.15, 0.2) is 18.2 Å². The predicted octanol–water partition coefficient (Wildman–Crippen LogP) is 4.37. The summed E-state index contributed by atoms with van der Waals surface area (Å²) in [5.74, 6) is -0.810. The maximum Gasteiger partial charge on any atom is 0.408 e. The number of nitrogens with zero attached hydrogens (tertiary/aromatic N) is 1. The van der Waals surface area contributed by atoms with Crippen LogP contribution in [-0.2, 0) is 14.3 Å². The van der Waals surface area contributed by atoms with Crippen LogP contribution in [0.2, 0.25) is 0 Å². The van der Waals surface area contributed by atoms with Crippen LogP contribution in [0.4, 0.5) is 10.5 Å². The van der Waals surface area contributed by atoms with E-state index in [9.17, 15) is 19.5 Å². The highest BCUT2D eigenvalue weighted by Gasteiger charge is 2.57. The quantitative estimate of drug-likeness (QED) is 0.692. The molecule has 1 saturated heterocycles. The lowest BCUT2D eigenvalue weighted by Crippen LogP contribution is -2.68. The van der Waals surface area contributed by atoms with Crippen molar-refractivity contribution < 1.29 is 24.2 Å². The van der Waals surface area contributed by atoms with Gasteiger partial charge in [0.25, 0.3) is 5.91 Å². The molecular weight excluding hydrogens is 384 g/mol. The van der Waals surface area contributed by atoms with E-state index in [1.165, 1.54) is 4.90 Å². The zero-order valence-electron chi connectivity index (χ0n) is 18.9. The maximum atomic E-state index is 13.8. The zero-order chi connectivity index (χ0) is 22.7. The Balaban J connectivity index is 2.48. The molecule has 0 aromatic heterocycles. The summed E-state index contributed by atoms with van der Waals surface area (Å²) in [5.41, 5.74) is 0.507. The smallest absolute Gasteiger partial charge is 0.408 e. The maximum absolute atomic E-state index is 13.8. The standard InChI is InChI=1S/C23H34N2O5/c1-7-30-18(26)13-17-11-12-25(21(28)29)23(14-17,22(4,5)6)20(27)24-19-15(2)9-8-10-16(19)3/h8-10,17H,7,11-14H2,1-6H3,(H,24,27)(H,28,29)/t17?,23-/m1/s1. The van der Waals surface area contributed by atoms with Crippen LogP contribution in [0.5, 0.6) is 0 Å². The normalized spacial score (nSPS) is 21.8. The van der Waals surface area contributed by atoms with Crippen molar-refractivity contribution in [1.29, 1.82) is 0 Å². The lowest BCUT2D eigenvalue weighted by molar-refractivity contribution is -0.149. The Morgan fingerprint density at radius 1 is 1.23 bits per heavy atom. The summed E-state index contributed by atoms with van der Waals surface area (Å²) in [6, 6.07) is 5.73. The molecule has 2 amide bonds. The first-order valence-corrected chi connectivity index (χ1v) is 10.5. The highest BCUT2D eigenvalue weighted by Crippen LogP contribution is 2.46. The van der Waals surface area contributed by atoms with Gasteiger partial charge in [-0.15, -0.1) is 0 Å². The van der Waals surface area contributed by atoms with Gasteiger partial charge in [-0.1, -0.05) is 39.0 Å². The van der Waals surface area contributed by atoms with Crippen molar-refractivity contribution in [3.8, 4) is 0 Å². The predicted molar refractivity (Wildman–Crippen MR) is 115 cm³/mol. The van der Waals surface area contributed by atoms with Crippen molar-refractivity contribution in [3.05, 3.63) is 29.3 Å². The number of hydrogen-bond donors (Lipinski definition) is 2. The molecule has 0 spiro atoms. The number of aryl methyl sites for hydroxylation is 2. The Labute approximate surface area is 178 Å². The molecule has 7 heteroatoms. The number of hydrogen-bond acceptors (Lipinski definition) is 4. The second-order valence-electron chi connectivity index (χ2n) is 9.13. The second kappa shape index (κ2) is 9.06. The monoisotopic (exact) mass is 418 g/mol. The third kappa shape index (κ3) is 4.60. The van der Waals surface area contributed by atoms with Crippen molar-refractivity contribution in [2.45, 2.75) is 66.3 Å².